The third kappa shape index (κ3) is 5.95. The molecule has 46 heavy (non-hydrogen) atoms. The lowest BCUT2D eigenvalue weighted by molar-refractivity contribution is -0.146. The van der Waals surface area contributed by atoms with E-state index in [1.54, 1.807) is 9.80 Å². The molecule has 0 bridgehead atoms. The Morgan fingerprint density at radius 1 is 1.02 bits per heavy atom. The topological polar surface area (TPSA) is 151 Å². The van der Waals surface area contributed by atoms with Gasteiger partial charge in [0.25, 0.3) is 5.91 Å². The number of carbonyl (C=O) groups excluding carboxylic acids is 3. The third-order valence-electron chi connectivity index (χ3n) is 9.40. The molecule has 3 aromatic rings. The van der Waals surface area contributed by atoms with Crippen LogP contribution in [0.1, 0.15) is 65.2 Å². The average molecular weight is 671 g/mol. The van der Waals surface area contributed by atoms with E-state index in [4.69, 9.17) is 9.79 Å². The summed E-state index contributed by atoms with van der Waals surface area (Å²) < 4.78 is 40.4. The van der Waals surface area contributed by atoms with Crippen molar-refractivity contribution >= 4 is 46.7 Å². The Morgan fingerprint density at radius 3 is 2.48 bits per heavy atom. The molecule has 3 saturated heterocycles. The van der Waals surface area contributed by atoms with E-state index in [2.05, 4.69) is 11.4 Å². The Hall–Kier alpha value is -3.69. The van der Waals surface area contributed by atoms with Crippen LogP contribution in [0.3, 0.4) is 0 Å². The zero-order chi connectivity index (χ0) is 32.8. The number of alkyl halides is 2. The summed E-state index contributed by atoms with van der Waals surface area (Å²) in [7, 11) is -5.76. The van der Waals surface area contributed by atoms with Gasteiger partial charge < -0.3 is 24.9 Å². The van der Waals surface area contributed by atoms with Gasteiger partial charge in [-0.05, 0) is 54.8 Å². The zero-order valence-corrected chi connectivity index (χ0v) is 26.4. The molecule has 3 fully saturated rings. The number of hydrogen-bond donors (Lipinski definition) is 3. The maximum Gasteiger partial charge on any atom is 0.399 e. The predicted molar refractivity (Wildman–Crippen MR) is 166 cm³/mol. The Kier molecular flexibility index (Phi) is 8.76. The molecule has 0 saturated carbocycles. The standard InChI is InChI=1S/C32H33F2N4O6PS/c33-32(34,45(42,43)44)22-10-13-27-20(14-22)15-28(46-27)29(39)36-25-9-5-4-8-23-11-12-26(38(23)30(25)40)31(41)37-17-21(16-35)24(18-37)19-6-2-1-3-7-19/h1-3,6-7,10,13-15,21,23-26H,4-5,8-9,11-12,17-18H2,(H,36,39)(H2,42,43,44)/t21-,23+,24?,25+,26+/m1/s1. The monoisotopic (exact) mass is 670 g/mol. The summed E-state index contributed by atoms with van der Waals surface area (Å²) in [5, 5.41) is 12.9. The Balaban J connectivity index is 1.19. The van der Waals surface area contributed by atoms with Crippen LogP contribution in [0.15, 0.2) is 54.6 Å². The zero-order valence-electron chi connectivity index (χ0n) is 24.7. The van der Waals surface area contributed by atoms with E-state index in [-0.39, 0.29) is 46.5 Å². The van der Waals surface area contributed by atoms with Gasteiger partial charge in [-0.3, -0.25) is 18.9 Å². The number of benzene rings is 2. The van der Waals surface area contributed by atoms with Gasteiger partial charge in [-0.1, -0.05) is 49.2 Å². The summed E-state index contributed by atoms with van der Waals surface area (Å²) in [4.78, 5) is 63.0. The minimum atomic E-state index is -5.76. The minimum Gasteiger partial charge on any atom is -0.340 e. The van der Waals surface area contributed by atoms with Gasteiger partial charge in [-0.2, -0.15) is 14.0 Å². The van der Waals surface area contributed by atoms with Crippen molar-refractivity contribution in [3.05, 3.63) is 70.6 Å². The largest absolute Gasteiger partial charge is 0.399 e. The number of hydrogen-bond acceptors (Lipinski definition) is 6. The number of fused-ring (bicyclic) bond motifs is 2. The molecule has 10 nitrogen and oxygen atoms in total. The van der Waals surface area contributed by atoms with Crippen LogP contribution in [-0.2, 0) is 19.8 Å². The van der Waals surface area contributed by atoms with E-state index in [0.717, 1.165) is 41.9 Å². The maximum absolute atomic E-state index is 14.3. The van der Waals surface area contributed by atoms with Gasteiger partial charge in [0, 0.05) is 35.3 Å². The molecule has 2 aromatic carbocycles. The van der Waals surface area contributed by atoms with Gasteiger partial charge in [-0.25, -0.2) is 0 Å². The molecule has 0 radical (unpaired) electrons. The number of rotatable bonds is 6. The second-order valence-electron chi connectivity index (χ2n) is 12.2. The Labute approximate surface area is 268 Å². The van der Waals surface area contributed by atoms with Crippen molar-refractivity contribution in [2.24, 2.45) is 5.92 Å². The molecule has 1 aromatic heterocycles. The number of nitriles is 1. The van der Waals surface area contributed by atoms with Crippen molar-refractivity contribution < 1.29 is 37.5 Å². The van der Waals surface area contributed by atoms with E-state index in [0.29, 0.717) is 36.9 Å². The fraction of sp³-hybridized carbons (Fsp3) is 0.438. The highest BCUT2D eigenvalue weighted by Crippen LogP contribution is 2.59. The van der Waals surface area contributed by atoms with Crippen molar-refractivity contribution in [3.63, 3.8) is 0 Å². The summed E-state index contributed by atoms with van der Waals surface area (Å²) >= 11 is 1.01. The first-order valence-electron chi connectivity index (χ1n) is 15.2. The number of nitrogens with zero attached hydrogens (tertiary/aromatic N) is 3. The lowest BCUT2D eigenvalue weighted by Gasteiger charge is -2.36. The summed E-state index contributed by atoms with van der Waals surface area (Å²) in [5.74, 6) is -1.59. The van der Waals surface area contributed by atoms with E-state index in [1.165, 1.54) is 12.1 Å². The van der Waals surface area contributed by atoms with Crippen molar-refractivity contribution in [3.8, 4) is 6.07 Å². The molecular formula is C32H33F2N4O6PS. The number of likely N-dealkylation sites (tertiary alicyclic amines) is 1. The van der Waals surface area contributed by atoms with Crippen molar-refractivity contribution in [1.29, 1.82) is 5.26 Å². The van der Waals surface area contributed by atoms with Crippen LogP contribution in [0.5, 0.6) is 0 Å². The number of nitrogens with one attached hydrogen (secondary N) is 1. The van der Waals surface area contributed by atoms with Gasteiger partial charge in [0.1, 0.15) is 12.1 Å². The first-order valence-corrected chi connectivity index (χ1v) is 17.7. The van der Waals surface area contributed by atoms with Gasteiger partial charge in [0.2, 0.25) is 11.8 Å². The summed E-state index contributed by atoms with van der Waals surface area (Å²) in [6, 6.07) is 14.7. The first kappa shape index (κ1) is 32.3. The second kappa shape index (κ2) is 12.5. The summed E-state index contributed by atoms with van der Waals surface area (Å²) in [6.07, 6.45) is 3.80. The number of halogens is 2. The van der Waals surface area contributed by atoms with Gasteiger partial charge in [-0.15, -0.1) is 11.3 Å². The van der Waals surface area contributed by atoms with Gasteiger partial charge >= 0.3 is 13.3 Å². The Morgan fingerprint density at radius 2 is 1.76 bits per heavy atom. The molecule has 0 aliphatic carbocycles. The lowest BCUT2D eigenvalue weighted by Crippen LogP contribution is -2.56. The number of carbonyl (C=O) groups is 3. The quantitative estimate of drug-likeness (QED) is 0.315. The summed E-state index contributed by atoms with van der Waals surface area (Å²) in [6.45, 7) is 0.671. The smallest absolute Gasteiger partial charge is 0.340 e. The fourth-order valence-corrected chi connectivity index (χ4v) is 8.43. The highest BCUT2D eigenvalue weighted by molar-refractivity contribution is 7.52. The molecule has 0 spiro atoms. The number of amides is 3. The van der Waals surface area contributed by atoms with Crippen molar-refractivity contribution in [2.75, 3.05) is 13.1 Å². The molecular weight excluding hydrogens is 637 g/mol. The molecule has 3 N–H and O–H groups in total. The van der Waals surface area contributed by atoms with Crippen molar-refractivity contribution in [1.82, 2.24) is 15.1 Å². The second-order valence-corrected chi connectivity index (χ2v) is 15.0. The van der Waals surface area contributed by atoms with Crippen LogP contribution < -0.4 is 5.32 Å². The van der Waals surface area contributed by atoms with E-state index in [9.17, 15) is 33.0 Å². The van der Waals surface area contributed by atoms with Crippen LogP contribution in [0.2, 0.25) is 0 Å². The molecule has 6 rings (SSSR count). The van der Waals surface area contributed by atoms with Crippen LogP contribution in [0.4, 0.5) is 8.78 Å². The highest BCUT2D eigenvalue weighted by Gasteiger charge is 2.51. The maximum atomic E-state index is 14.3. The van der Waals surface area contributed by atoms with Crippen LogP contribution in [0, 0.1) is 17.2 Å². The molecule has 242 valence electrons. The fourth-order valence-electron chi connectivity index (χ4n) is 7.01. The molecule has 14 heteroatoms. The molecule has 5 atom stereocenters. The first-order chi connectivity index (χ1) is 21.9. The van der Waals surface area contributed by atoms with Crippen LogP contribution >= 0.6 is 18.9 Å². The SMILES string of the molecule is N#C[C@@H]1CN(C(=O)[C@@H]2CC[C@@H]3CCCC[C@H](NC(=O)c4cc5cc(C(F)(F)P(=O)(O)O)ccc5s4)C(=O)N32)CC1c1ccccc1. The van der Waals surface area contributed by atoms with Crippen molar-refractivity contribution in [2.45, 2.75) is 68.2 Å². The average Bonchev–Trinajstić information content (AvgIpc) is 3.77. The normalized spacial score (nSPS) is 25.5. The molecule has 3 amide bonds. The minimum absolute atomic E-state index is 0.122. The van der Waals surface area contributed by atoms with Crippen LogP contribution in [0.25, 0.3) is 10.1 Å². The lowest BCUT2D eigenvalue weighted by atomic mass is 9.90. The predicted octanol–water partition coefficient (Wildman–Crippen LogP) is 4.93. The molecule has 4 heterocycles. The van der Waals surface area contributed by atoms with Gasteiger partial charge in [0.15, 0.2) is 0 Å². The molecule has 3 aliphatic heterocycles. The van der Waals surface area contributed by atoms with E-state index < -0.39 is 36.8 Å². The third-order valence-corrected chi connectivity index (χ3v) is 11.5. The van der Waals surface area contributed by atoms with Gasteiger partial charge in [0.05, 0.1) is 16.9 Å². The molecule has 3 aliphatic rings. The highest BCUT2D eigenvalue weighted by atomic mass is 32.1. The summed E-state index contributed by atoms with van der Waals surface area (Å²) in [5.41, 5.74) is -4.26. The van der Waals surface area contributed by atoms with E-state index in [1.807, 2.05) is 30.3 Å². The number of thiophene rings is 1. The van der Waals surface area contributed by atoms with E-state index >= 15 is 0 Å². The molecule has 1 unspecified atom stereocenters. The van der Waals surface area contributed by atoms with Crippen LogP contribution in [-0.4, -0.2) is 68.5 Å². The Bertz CT molecular complexity index is 1760.